The molecule has 0 aliphatic heterocycles. The first kappa shape index (κ1) is 19.2. The summed E-state index contributed by atoms with van der Waals surface area (Å²) in [5.74, 6) is -0.00669. The number of aryl methyl sites for hydroxylation is 1. The highest BCUT2D eigenvalue weighted by Crippen LogP contribution is 2.21. The predicted octanol–water partition coefficient (Wildman–Crippen LogP) is 4.37. The Hall–Kier alpha value is -2.10. The van der Waals surface area contributed by atoms with E-state index in [1.807, 2.05) is 32.0 Å². The Balaban J connectivity index is 1.83. The first-order valence-electron chi connectivity index (χ1n) is 9.27. The van der Waals surface area contributed by atoms with Crippen LogP contribution in [0.3, 0.4) is 0 Å². The molecule has 1 aromatic rings. The fourth-order valence-corrected chi connectivity index (χ4v) is 3.17. The summed E-state index contributed by atoms with van der Waals surface area (Å²) in [6, 6.07) is 5.89. The highest BCUT2D eigenvalue weighted by molar-refractivity contribution is 5.92. The van der Waals surface area contributed by atoms with Gasteiger partial charge in [0.1, 0.15) is 0 Å². The number of carbonyl (C=O) groups excluding carboxylic acids is 2. The van der Waals surface area contributed by atoms with Crippen LogP contribution >= 0.6 is 0 Å². The van der Waals surface area contributed by atoms with Gasteiger partial charge in [0.05, 0.1) is 0 Å². The molecule has 0 saturated heterocycles. The molecule has 0 radical (unpaired) electrons. The summed E-state index contributed by atoms with van der Waals surface area (Å²) < 4.78 is 0. The summed E-state index contributed by atoms with van der Waals surface area (Å²) >= 11 is 0. The van der Waals surface area contributed by atoms with Crippen LogP contribution in [0.1, 0.15) is 56.6 Å². The summed E-state index contributed by atoms with van der Waals surface area (Å²) in [7, 11) is 0. The molecule has 0 fully saturated rings. The standard InChI is InChI=1S/C21H30N2O2/c1-16-8-7-11-20(17(16)2)22-21(25)13-15-23(18(3)24)14-12-19-9-5-4-6-10-19/h7-9,11H,4-6,10,12-15H2,1-3H3,(H,22,25). The van der Waals surface area contributed by atoms with E-state index in [1.54, 1.807) is 11.8 Å². The van der Waals surface area contributed by atoms with Gasteiger partial charge in [-0.15, -0.1) is 0 Å². The maximum Gasteiger partial charge on any atom is 0.226 e. The lowest BCUT2D eigenvalue weighted by atomic mass is 9.97. The van der Waals surface area contributed by atoms with Crippen molar-refractivity contribution in [2.45, 2.75) is 59.3 Å². The third-order valence-electron chi connectivity index (χ3n) is 5.02. The lowest BCUT2D eigenvalue weighted by Gasteiger charge is -2.22. The highest BCUT2D eigenvalue weighted by Gasteiger charge is 2.13. The maximum absolute atomic E-state index is 12.2. The molecule has 0 spiro atoms. The molecule has 0 aromatic heterocycles. The van der Waals surface area contributed by atoms with Gasteiger partial charge in [-0.3, -0.25) is 9.59 Å². The molecular formula is C21H30N2O2. The molecule has 1 aliphatic rings. The summed E-state index contributed by atoms with van der Waals surface area (Å²) in [6.07, 6.45) is 8.41. The zero-order valence-corrected chi connectivity index (χ0v) is 15.7. The summed E-state index contributed by atoms with van der Waals surface area (Å²) in [5.41, 5.74) is 4.55. The summed E-state index contributed by atoms with van der Waals surface area (Å²) in [5, 5.41) is 2.96. The van der Waals surface area contributed by atoms with Crippen molar-refractivity contribution in [3.05, 3.63) is 41.0 Å². The van der Waals surface area contributed by atoms with Crippen molar-refractivity contribution >= 4 is 17.5 Å². The van der Waals surface area contributed by atoms with Crippen LogP contribution in [-0.4, -0.2) is 29.8 Å². The van der Waals surface area contributed by atoms with Crippen LogP contribution in [0.5, 0.6) is 0 Å². The molecule has 0 unspecified atom stereocenters. The van der Waals surface area contributed by atoms with Crippen LogP contribution in [0.25, 0.3) is 0 Å². The van der Waals surface area contributed by atoms with Crippen molar-refractivity contribution in [2.75, 3.05) is 18.4 Å². The number of rotatable bonds is 7. The fraction of sp³-hybridized carbons (Fsp3) is 0.524. The van der Waals surface area contributed by atoms with Gasteiger partial charge in [-0.05, 0) is 63.1 Å². The topological polar surface area (TPSA) is 49.4 Å². The van der Waals surface area contributed by atoms with Crippen molar-refractivity contribution in [3.63, 3.8) is 0 Å². The Morgan fingerprint density at radius 3 is 2.64 bits per heavy atom. The van der Waals surface area contributed by atoms with E-state index in [0.717, 1.165) is 36.1 Å². The van der Waals surface area contributed by atoms with Crippen molar-refractivity contribution in [3.8, 4) is 0 Å². The smallest absolute Gasteiger partial charge is 0.226 e. The molecule has 0 atom stereocenters. The Bertz CT molecular complexity index is 649. The molecule has 4 nitrogen and oxygen atoms in total. The normalized spacial score (nSPS) is 14.0. The van der Waals surface area contributed by atoms with Gasteiger partial charge in [0.15, 0.2) is 0 Å². The van der Waals surface area contributed by atoms with Gasteiger partial charge in [0.25, 0.3) is 0 Å². The Kier molecular flexibility index (Phi) is 7.23. The number of hydrogen-bond acceptors (Lipinski definition) is 2. The number of nitrogens with one attached hydrogen (secondary N) is 1. The second-order valence-corrected chi connectivity index (χ2v) is 6.91. The molecule has 0 saturated carbocycles. The van der Waals surface area contributed by atoms with Crippen LogP contribution in [0.15, 0.2) is 29.8 Å². The number of carbonyl (C=O) groups is 2. The third kappa shape index (κ3) is 6.04. The molecular weight excluding hydrogens is 312 g/mol. The van der Waals surface area contributed by atoms with Gasteiger partial charge in [-0.2, -0.15) is 0 Å². The van der Waals surface area contributed by atoms with E-state index in [0.29, 0.717) is 19.5 Å². The first-order chi connectivity index (χ1) is 12.0. The average molecular weight is 342 g/mol. The van der Waals surface area contributed by atoms with E-state index in [-0.39, 0.29) is 11.8 Å². The van der Waals surface area contributed by atoms with Gasteiger partial charge in [-0.25, -0.2) is 0 Å². The molecule has 136 valence electrons. The van der Waals surface area contributed by atoms with Gasteiger partial charge in [-0.1, -0.05) is 23.8 Å². The molecule has 2 amide bonds. The van der Waals surface area contributed by atoms with Crippen LogP contribution in [-0.2, 0) is 9.59 Å². The fourth-order valence-electron chi connectivity index (χ4n) is 3.17. The molecule has 1 N–H and O–H groups in total. The highest BCUT2D eigenvalue weighted by atomic mass is 16.2. The Morgan fingerprint density at radius 1 is 1.16 bits per heavy atom. The van der Waals surface area contributed by atoms with Crippen LogP contribution in [0, 0.1) is 13.8 Å². The lowest BCUT2D eigenvalue weighted by Crippen LogP contribution is -2.33. The minimum Gasteiger partial charge on any atom is -0.342 e. The van der Waals surface area contributed by atoms with Crippen LogP contribution in [0.2, 0.25) is 0 Å². The van der Waals surface area contributed by atoms with E-state index in [9.17, 15) is 9.59 Å². The summed E-state index contributed by atoms with van der Waals surface area (Å²) in [4.78, 5) is 25.9. The second-order valence-electron chi connectivity index (χ2n) is 6.91. The van der Waals surface area contributed by atoms with Crippen molar-refractivity contribution in [1.82, 2.24) is 4.90 Å². The van der Waals surface area contributed by atoms with Crippen LogP contribution in [0.4, 0.5) is 5.69 Å². The number of nitrogens with zero attached hydrogens (tertiary/aromatic N) is 1. The van der Waals surface area contributed by atoms with Gasteiger partial charge in [0.2, 0.25) is 11.8 Å². The minimum atomic E-state index is -0.0446. The van der Waals surface area contributed by atoms with Gasteiger partial charge >= 0.3 is 0 Å². The molecule has 1 aliphatic carbocycles. The summed E-state index contributed by atoms with van der Waals surface area (Å²) in [6.45, 7) is 6.79. The van der Waals surface area contributed by atoms with E-state index < -0.39 is 0 Å². The number of allylic oxidation sites excluding steroid dienone is 1. The number of amides is 2. The molecule has 1 aromatic carbocycles. The zero-order chi connectivity index (χ0) is 18.2. The molecule has 2 rings (SSSR count). The van der Waals surface area contributed by atoms with Crippen molar-refractivity contribution in [1.29, 1.82) is 0 Å². The monoisotopic (exact) mass is 342 g/mol. The Morgan fingerprint density at radius 2 is 1.96 bits per heavy atom. The molecule has 4 heteroatoms. The number of hydrogen-bond donors (Lipinski definition) is 1. The minimum absolute atomic E-state index is 0.0379. The van der Waals surface area contributed by atoms with Gasteiger partial charge in [0, 0.05) is 32.1 Å². The van der Waals surface area contributed by atoms with Crippen molar-refractivity contribution in [2.24, 2.45) is 0 Å². The third-order valence-corrected chi connectivity index (χ3v) is 5.02. The number of anilines is 1. The van der Waals surface area contributed by atoms with Crippen LogP contribution < -0.4 is 5.32 Å². The number of benzene rings is 1. The second kappa shape index (κ2) is 9.40. The van der Waals surface area contributed by atoms with Gasteiger partial charge < -0.3 is 10.2 Å². The zero-order valence-electron chi connectivity index (χ0n) is 15.7. The SMILES string of the molecule is CC(=O)N(CCC(=O)Nc1cccc(C)c1C)CCC1=CCCCC1. The quantitative estimate of drug-likeness (QED) is 0.748. The first-order valence-corrected chi connectivity index (χ1v) is 9.27. The van der Waals surface area contributed by atoms with E-state index >= 15 is 0 Å². The molecule has 0 bridgehead atoms. The lowest BCUT2D eigenvalue weighted by molar-refractivity contribution is -0.129. The maximum atomic E-state index is 12.2. The largest absolute Gasteiger partial charge is 0.342 e. The molecule has 0 heterocycles. The Labute approximate surface area is 151 Å². The van der Waals surface area contributed by atoms with E-state index in [1.165, 1.54) is 18.4 Å². The van der Waals surface area contributed by atoms with E-state index in [2.05, 4.69) is 11.4 Å². The van der Waals surface area contributed by atoms with E-state index in [4.69, 9.17) is 0 Å². The predicted molar refractivity (Wildman–Crippen MR) is 103 cm³/mol. The van der Waals surface area contributed by atoms with Crippen molar-refractivity contribution < 1.29 is 9.59 Å². The molecule has 25 heavy (non-hydrogen) atoms. The average Bonchev–Trinajstić information content (AvgIpc) is 2.59.